The van der Waals surface area contributed by atoms with E-state index in [9.17, 15) is 0 Å². The molecule has 0 aliphatic rings. The largest absolute Gasteiger partial charge is 0.488 e. The van der Waals surface area contributed by atoms with Crippen molar-refractivity contribution in [1.29, 1.82) is 0 Å². The van der Waals surface area contributed by atoms with Crippen molar-refractivity contribution in [1.82, 2.24) is 0 Å². The monoisotopic (exact) mass is 260 g/mol. The van der Waals surface area contributed by atoms with Crippen LogP contribution in [0.1, 0.15) is 6.92 Å². The zero-order chi connectivity index (χ0) is 9.84. The maximum atomic E-state index is 5.93. The van der Waals surface area contributed by atoms with Gasteiger partial charge in [0.1, 0.15) is 12.4 Å². The van der Waals surface area contributed by atoms with Crippen LogP contribution in [0, 0.1) is 0 Å². The number of rotatable bonds is 3. The van der Waals surface area contributed by atoms with Crippen LogP contribution in [0.3, 0.4) is 0 Å². The summed E-state index contributed by atoms with van der Waals surface area (Å²) in [5.41, 5.74) is 0.971. The van der Waals surface area contributed by atoms with Crippen LogP contribution in [0.4, 0.5) is 0 Å². The predicted molar refractivity (Wildman–Crippen MR) is 59.5 cm³/mol. The van der Waals surface area contributed by atoms with Gasteiger partial charge in [0.05, 0.1) is 5.02 Å². The third kappa shape index (κ3) is 3.41. The fraction of sp³-hybridized carbons (Fsp3) is 0.200. The van der Waals surface area contributed by atoms with Crippen LogP contribution in [0.25, 0.3) is 0 Å². The molecule has 0 saturated carbocycles. The van der Waals surface area contributed by atoms with Crippen LogP contribution in [0.15, 0.2) is 34.8 Å². The lowest BCUT2D eigenvalue weighted by Crippen LogP contribution is -1.97. The first-order valence-corrected chi connectivity index (χ1v) is 4.99. The van der Waals surface area contributed by atoms with Gasteiger partial charge in [-0.2, -0.15) is 0 Å². The molecule has 1 rings (SSSR count). The average Bonchev–Trinajstić information content (AvgIpc) is 2.02. The zero-order valence-corrected chi connectivity index (χ0v) is 9.65. The lowest BCUT2D eigenvalue weighted by molar-refractivity contribution is 0.353. The summed E-state index contributed by atoms with van der Waals surface area (Å²) in [5.74, 6) is 0.688. The van der Waals surface area contributed by atoms with E-state index in [2.05, 4.69) is 22.5 Å². The first-order chi connectivity index (χ1) is 6.09. The minimum atomic E-state index is 0.501. The van der Waals surface area contributed by atoms with Gasteiger partial charge < -0.3 is 4.74 Å². The topological polar surface area (TPSA) is 9.23 Å². The molecule has 1 aromatic carbocycles. The Morgan fingerprint density at radius 3 is 2.85 bits per heavy atom. The molecule has 13 heavy (non-hydrogen) atoms. The van der Waals surface area contributed by atoms with Gasteiger partial charge in [0.25, 0.3) is 0 Å². The van der Waals surface area contributed by atoms with Gasteiger partial charge in [0.15, 0.2) is 0 Å². The van der Waals surface area contributed by atoms with Crippen LogP contribution in [-0.2, 0) is 0 Å². The Balaban J connectivity index is 2.72. The van der Waals surface area contributed by atoms with Gasteiger partial charge in [-0.05, 0) is 30.7 Å². The van der Waals surface area contributed by atoms with Crippen LogP contribution >= 0.6 is 27.5 Å². The molecule has 70 valence electrons. The van der Waals surface area contributed by atoms with E-state index in [1.807, 2.05) is 19.1 Å². The van der Waals surface area contributed by atoms with Gasteiger partial charge in [-0.3, -0.25) is 0 Å². The molecule has 0 N–H and O–H groups in total. The lowest BCUT2D eigenvalue weighted by Gasteiger charge is -2.07. The Labute approximate surface area is 91.5 Å². The highest BCUT2D eigenvalue weighted by Crippen LogP contribution is 2.27. The summed E-state index contributed by atoms with van der Waals surface area (Å²) in [4.78, 5) is 0. The first kappa shape index (κ1) is 10.6. The van der Waals surface area contributed by atoms with Gasteiger partial charge >= 0.3 is 0 Å². The second kappa shape index (κ2) is 4.68. The molecule has 0 saturated heterocycles. The Morgan fingerprint density at radius 2 is 2.31 bits per heavy atom. The number of halogens is 2. The third-order valence-corrected chi connectivity index (χ3v) is 2.16. The van der Waals surface area contributed by atoms with Crippen molar-refractivity contribution in [2.75, 3.05) is 6.61 Å². The summed E-state index contributed by atoms with van der Waals surface area (Å²) in [6, 6.07) is 5.52. The molecule has 0 atom stereocenters. The molecular weight excluding hydrogens is 251 g/mol. The molecule has 0 aliphatic carbocycles. The van der Waals surface area contributed by atoms with Gasteiger partial charge in [0, 0.05) is 4.47 Å². The molecule has 3 heteroatoms. The molecule has 0 bridgehead atoms. The summed E-state index contributed by atoms with van der Waals surface area (Å²) in [7, 11) is 0. The van der Waals surface area contributed by atoms with Crippen molar-refractivity contribution >= 4 is 27.5 Å². The summed E-state index contributed by atoms with van der Waals surface area (Å²) in [5, 5.41) is 0.607. The van der Waals surface area contributed by atoms with E-state index in [0.717, 1.165) is 10.0 Å². The molecule has 0 radical (unpaired) electrons. The molecule has 0 fully saturated rings. The Hall–Kier alpha value is -0.470. The molecule has 0 aliphatic heterocycles. The Bertz CT molecular complexity index is 323. The highest BCUT2D eigenvalue weighted by atomic mass is 79.9. The van der Waals surface area contributed by atoms with Gasteiger partial charge in [-0.1, -0.05) is 34.1 Å². The molecule has 0 unspecified atom stereocenters. The Kier molecular flexibility index (Phi) is 3.82. The van der Waals surface area contributed by atoms with Gasteiger partial charge in [-0.15, -0.1) is 0 Å². The van der Waals surface area contributed by atoms with E-state index in [-0.39, 0.29) is 0 Å². The second-order valence-electron chi connectivity index (χ2n) is 2.82. The van der Waals surface area contributed by atoms with E-state index < -0.39 is 0 Å². The second-order valence-corrected chi connectivity index (χ2v) is 4.14. The van der Waals surface area contributed by atoms with Gasteiger partial charge in [-0.25, -0.2) is 0 Å². The van der Waals surface area contributed by atoms with E-state index >= 15 is 0 Å². The van der Waals surface area contributed by atoms with Crippen LogP contribution in [-0.4, -0.2) is 6.61 Å². The zero-order valence-electron chi connectivity index (χ0n) is 7.31. The van der Waals surface area contributed by atoms with Crippen molar-refractivity contribution in [2.24, 2.45) is 0 Å². The number of hydrogen-bond acceptors (Lipinski definition) is 1. The molecule has 1 aromatic rings. The highest BCUT2D eigenvalue weighted by molar-refractivity contribution is 9.10. The average molecular weight is 262 g/mol. The maximum Gasteiger partial charge on any atom is 0.138 e. The van der Waals surface area contributed by atoms with E-state index in [1.165, 1.54) is 0 Å². The van der Waals surface area contributed by atoms with Crippen LogP contribution in [0.5, 0.6) is 5.75 Å². The van der Waals surface area contributed by atoms with Crippen molar-refractivity contribution in [3.8, 4) is 5.75 Å². The van der Waals surface area contributed by atoms with Crippen molar-refractivity contribution in [2.45, 2.75) is 6.92 Å². The lowest BCUT2D eigenvalue weighted by atomic mass is 10.3. The molecule has 0 amide bonds. The molecule has 0 heterocycles. The quantitative estimate of drug-likeness (QED) is 0.746. The minimum absolute atomic E-state index is 0.501. The summed E-state index contributed by atoms with van der Waals surface area (Å²) < 4.78 is 6.35. The smallest absolute Gasteiger partial charge is 0.138 e. The van der Waals surface area contributed by atoms with E-state index in [0.29, 0.717) is 17.4 Å². The van der Waals surface area contributed by atoms with Crippen molar-refractivity contribution in [3.05, 3.63) is 39.8 Å². The fourth-order valence-electron chi connectivity index (χ4n) is 0.793. The standard InChI is InChI=1S/C10H10BrClO/c1-7(2)6-13-10-4-3-8(11)5-9(10)12/h3-5H,1,6H2,2H3. The fourth-order valence-corrected chi connectivity index (χ4v) is 1.52. The van der Waals surface area contributed by atoms with Crippen molar-refractivity contribution < 1.29 is 4.74 Å². The number of ether oxygens (including phenoxy) is 1. The van der Waals surface area contributed by atoms with Crippen LogP contribution in [0.2, 0.25) is 5.02 Å². The summed E-state index contributed by atoms with van der Waals surface area (Å²) >= 11 is 9.25. The Morgan fingerprint density at radius 1 is 1.62 bits per heavy atom. The van der Waals surface area contributed by atoms with E-state index in [1.54, 1.807) is 6.07 Å². The summed E-state index contributed by atoms with van der Waals surface area (Å²) in [6.45, 7) is 6.15. The maximum absolute atomic E-state index is 5.93. The van der Waals surface area contributed by atoms with Gasteiger partial charge in [0.2, 0.25) is 0 Å². The first-order valence-electron chi connectivity index (χ1n) is 3.82. The number of benzene rings is 1. The summed E-state index contributed by atoms with van der Waals surface area (Å²) in [6.07, 6.45) is 0. The molecule has 0 aromatic heterocycles. The van der Waals surface area contributed by atoms with E-state index in [4.69, 9.17) is 16.3 Å². The van der Waals surface area contributed by atoms with Crippen molar-refractivity contribution in [3.63, 3.8) is 0 Å². The SMILES string of the molecule is C=C(C)COc1ccc(Br)cc1Cl. The molecule has 0 spiro atoms. The molecule has 1 nitrogen and oxygen atoms in total. The third-order valence-electron chi connectivity index (χ3n) is 1.37. The molecular formula is C10H10BrClO. The predicted octanol–water partition coefficient (Wildman–Crippen LogP) is 4.06. The highest BCUT2D eigenvalue weighted by Gasteiger charge is 2.01. The van der Waals surface area contributed by atoms with Crippen LogP contribution < -0.4 is 4.74 Å². The minimum Gasteiger partial charge on any atom is -0.488 e. The normalized spacial score (nSPS) is 9.77. The number of hydrogen-bond donors (Lipinski definition) is 0.